The van der Waals surface area contributed by atoms with Crippen LogP contribution in [0.5, 0.6) is 0 Å². The van der Waals surface area contributed by atoms with Crippen molar-refractivity contribution in [3.8, 4) is 0 Å². The molecule has 0 aliphatic carbocycles. The van der Waals surface area contributed by atoms with Gasteiger partial charge in [0.2, 0.25) is 0 Å². The zero-order valence-electron chi connectivity index (χ0n) is 11.5. The Morgan fingerprint density at radius 3 is 2.61 bits per heavy atom. The summed E-state index contributed by atoms with van der Waals surface area (Å²) >= 11 is 0. The molecule has 0 aliphatic heterocycles. The number of aryl methyl sites for hydroxylation is 2. The van der Waals surface area contributed by atoms with Gasteiger partial charge in [-0.05, 0) is 26.3 Å². The number of rotatable bonds is 7. The second-order valence-corrected chi connectivity index (χ2v) is 4.67. The highest BCUT2D eigenvalue weighted by atomic mass is 16.2. The van der Waals surface area contributed by atoms with E-state index in [1.54, 1.807) is 19.4 Å². The number of unbranched alkanes of at least 4 members (excludes halogenated alkanes) is 1. The first-order valence-corrected chi connectivity index (χ1v) is 6.55. The predicted molar refractivity (Wildman–Crippen MR) is 72.9 cm³/mol. The van der Waals surface area contributed by atoms with E-state index in [-0.39, 0.29) is 0 Å². The van der Waals surface area contributed by atoms with Gasteiger partial charge in [-0.1, -0.05) is 13.3 Å². The molecule has 0 saturated heterocycles. The number of hydrogen-bond donors (Lipinski definition) is 1. The van der Waals surface area contributed by atoms with Crippen molar-refractivity contribution in [2.75, 3.05) is 6.54 Å². The molecule has 5 nitrogen and oxygen atoms in total. The van der Waals surface area contributed by atoms with Gasteiger partial charge in [-0.2, -0.15) is 0 Å². The van der Waals surface area contributed by atoms with Gasteiger partial charge in [0, 0.05) is 32.0 Å². The second kappa shape index (κ2) is 7.16. The van der Waals surface area contributed by atoms with Gasteiger partial charge in [-0.15, -0.1) is 0 Å². The number of aromatic nitrogens is 2. The highest BCUT2D eigenvalue weighted by molar-refractivity contribution is 4.84. The van der Waals surface area contributed by atoms with Crippen LogP contribution in [0.2, 0.25) is 0 Å². The van der Waals surface area contributed by atoms with Gasteiger partial charge in [-0.25, -0.2) is 0 Å². The Morgan fingerprint density at radius 2 is 1.94 bits per heavy atom. The first-order chi connectivity index (χ1) is 8.56. The molecule has 0 aromatic carbocycles. The Labute approximate surface area is 107 Å². The smallest absolute Gasteiger partial charge is 0.315 e. The maximum absolute atomic E-state index is 11.6. The lowest BCUT2D eigenvalue weighted by Gasteiger charge is -2.12. The molecule has 0 saturated carbocycles. The molecule has 1 aromatic rings. The van der Waals surface area contributed by atoms with Crippen molar-refractivity contribution in [3.05, 3.63) is 33.1 Å². The highest BCUT2D eigenvalue weighted by Crippen LogP contribution is 2.01. The Morgan fingerprint density at radius 1 is 1.22 bits per heavy atom. The van der Waals surface area contributed by atoms with Crippen LogP contribution in [-0.4, -0.2) is 21.7 Å². The lowest BCUT2D eigenvalue weighted by Crippen LogP contribution is -2.39. The fourth-order valence-corrected chi connectivity index (χ4v) is 1.95. The summed E-state index contributed by atoms with van der Waals surface area (Å²) in [5, 5.41) is 3.35. The van der Waals surface area contributed by atoms with E-state index in [1.807, 2.05) is 0 Å². The first-order valence-electron chi connectivity index (χ1n) is 6.55. The molecule has 0 amide bonds. The molecule has 102 valence electrons. The molecular formula is C13H23N3O2. The summed E-state index contributed by atoms with van der Waals surface area (Å²) in [6.45, 7) is 5.85. The molecule has 0 aliphatic rings. The van der Waals surface area contributed by atoms with Crippen molar-refractivity contribution in [3.63, 3.8) is 0 Å². The summed E-state index contributed by atoms with van der Waals surface area (Å²) in [6, 6.07) is 0.510. The molecular weight excluding hydrogens is 230 g/mol. The topological polar surface area (TPSA) is 56.0 Å². The van der Waals surface area contributed by atoms with Crippen LogP contribution in [0.15, 0.2) is 22.0 Å². The van der Waals surface area contributed by atoms with E-state index in [2.05, 4.69) is 19.2 Å². The quantitative estimate of drug-likeness (QED) is 0.575. The fraction of sp³-hybridized carbons (Fsp3) is 0.692. The summed E-state index contributed by atoms with van der Waals surface area (Å²) in [4.78, 5) is 23.1. The van der Waals surface area contributed by atoms with Crippen LogP contribution in [0.25, 0.3) is 0 Å². The fourth-order valence-electron chi connectivity index (χ4n) is 1.95. The van der Waals surface area contributed by atoms with E-state index < -0.39 is 11.1 Å². The lowest BCUT2D eigenvalue weighted by atomic mass is 10.1. The monoisotopic (exact) mass is 253 g/mol. The molecule has 5 heteroatoms. The Kier molecular flexibility index (Phi) is 5.85. The van der Waals surface area contributed by atoms with Crippen molar-refractivity contribution in [1.82, 2.24) is 14.5 Å². The average molecular weight is 253 g/mol. The van der Waals surface area contributed by atoms with Crippen LogP contribution in [0.1, 0.15) is 33.1 Å². The Balaban J connectivity index is 2.43. The van der Waals surface area contributed by atoms with Crippen molar-refractivity contribution in [1.29, 1.82) is 0 Å². The summed E-state index contributed by atoms with van der Waals surface area (Å²) in [5.41, 5.74) is -0.891. The summed E-state index contributed by atoms with van der Waals surface area (Å²) < 4.78 is 2.81. The van der Waals surface area contributed by atoms with E-state index >= 15 is 0 Å². The number of nitrogens with zero attached hydrogens (tertiary/aromatic N) is 2. The van der Waals surface area contributed by atoms with Crippen LogP contribution >= 0.6 is 0 Å². The van der Waals surface area contributed by atoms with Crippen LogP contribution in [0.4, 0.5) is 0 Å². The molecule has 0 spiro atoms. The van der Waals surface area contributed by atoms with Crippen LogP contribution in [0, 0.1) is 0 Å². The van der Waals surface area contributed by atoms with E-state index in [4.69, 9.17) is 0 Å². The standard InChI is InChI=1S/C13H23N3O2/c1-4-14-11(2)7-5-6-8-16-10-9-15(3)12(17)13(16)18/h9-11,14H,4-8H2,1-3H3. The Hall–Kier alpha value is -1.36. The zero-order chi connectivity index (χ0) is 13.5. The Bertz CT molecular complexity index is 476. The van der Waals surface area contributed by atoms with Gasteiger partial charge in [0.15, 0.2) is 0 Å². The summed E-state index contributed by atoms with van der Waals surface area (Å²) in [7, 11) is 1.59. The third-order valence-corrected chi connectivity index (χ3v) is 3.07. The molecule has 1 rings (SSSR count). The van der Waals surface area contributed by atoms with Crippen LogP contribution < -0.4 is 16.4 Å². The maximum Gasteiger partial charge on any atom is 0.316 e. The maximum atomic E-state index is 11.6. The molecule has 1 atom stereocenters. The second-order valence-electron chi connectivity index (χ2n) is 4.67. The SMILES string of the molecule is CCNC(C)CCCCn1ccn(C)c(=O)c1=O. The van der Waals surface area contributed by atoms with Crippen molar-refractivity contribution in [2.24, 2.45) is 7.05 Å². The third-order valence-electron chi connectivity index (χ3n) is 3.07. The van der Waals surface area contributed by atoms with Crippen molar-refractivity contribution < 1.29 is 0 Å². The largest absolute Gasteiger partial charge is 0.316 e. The molecule has 1 heterocycles. The lowest BCUT2D eigenvalue weighted by molar-refractivity contribution is 0.480. The highest BCUT2D eigenvalue weighted by Gasteiger charge is 2.03. The van der Waals surface area contributed by atoms with Crippen molar-refractivity contribution >= 4 is 0 Å². The average Bonchev–Trinajstić information content (AvgIpc) is 2.34. The minimum Gasteiger partial charge on any atom is -0.315 e. The van der Waals surface area contributed by atoms with Crippen LogP contribution in [-0.2, 0) is 13.6 Å². The molecule has 0 bridgehead atoms. The molecule has 0 radical (unpaired) electrons. The molecule has 18 heavy (non-hydrogen) atoms. The number of nitrogens with one attached hydrogen (secondary N) is 1. The first kappa shape index (κ1) is 14.7. The molecule has 1 aromatic heterocycles. The van der Waals surface area contributed by atoms with Gasteiger partial charge in [0.25, 0.3) is 0 Å². The van der Waals surface area contributed by atoms with Crippen LogP contribution in [0.3, 0.4) is 0 Å². The van der Waals surface area contributed by atoms with Gasteiger partial charge in [-0.3, -0.25) is 9.59 Å². The molecule has 0 fully saturated rings. The minimum absolute atomic E-state index is 0.431. The zero-order valence-corrected chi connectivity index (χ0v) is 11.5. The van der Waals surface area contributed by atoms with Gasteiger partial charge in [0.05, 0.1) is 0 Å². The van der Waals surface area contributed by atoms with E-state index in [1.165, 1.54) is 9.13 Å². The van der Waals surface area contributed by atoms with E-state index in [0.29, 0.717) is 12.6 Å². The summed E-state index contributed by atoms with van der Waals surface area (Å²) in [5.74, 6) is 0. The third kappa shape index (κ3) is 4.14. The predicted octanol–water partition coefficient (Wildman–Crippen LogP) is 0.715. The van der Waals surface area contributed by atoms with Gasteiger partial charge >= 0.3 is 11.1 Å². The van der Waals surface area contributed by atoms with E-state index in [0.717, 1.165) is 25.8 Å². The van der Waals surface area contributed by atoms with Gasteiger partial charge in [0.1, 0.15) is 0 Å². The minimum atomic E-state index is -0.460. The van der Waals surface area contributed by atoms with E-state index in [9.17, 15) is 9.59 Å². The number of hydrogen-bond acceptors (Lipinski definition) is 3. The molecule has 1 unspecified atom stereocenters. The van der Waals surface area contributed by atoms with Gasteiger partial charge < -0.3 is 14.5 Å². The molecule has 1 N–H and O–H groups in total. The normalized spacial score (nSPS) is 12.6. The summed E-state index contributed by atoms with van der Waals surface area (Å²) in [6.07, 6.45) is 6.37. The van der Waals surface area contributed by atoms with Crippen molar-refractivity contribution in [2.45, 2.75) is 45.7 Å².